The minimum atomic E-state index is -0.0156. The fourth-order valence-electron chi connectivity index (χ4n) is 4.06. The Morgan fingerprint density at radius 1 is 0.354 bits per heavy atom. The van der Waals surface area contributed by atoms with Crippen LogP contribution >= 0.6 is 0 Å². The van der Waals surface area contributed by atoms with Crippen molar-refractivity contribution in [3.63, 3.8) is 0 Å². The number of hydrogen-bond donors (Lipinski definition) is 0. The van der Waals surface area contributed by atoms with Crippen molar-refractivity contribution in [2.45, 2.75) is 27.7 Å². The highest BCUT2D eigenvalue weighted by Crippen LogP contribution is 2.22. The molecule has 0 saturated heterocycles. The third kappa shape index (κ3) is 12.6. The van der Waals surface area contributed by atoms with E-state index in [2.05, 4.69) is 0 Å². The Balaban J connectivity index is 0.000000225. The number of carbonyl (C=O) groups is 4. The second-order valence-corrected chi connectivity index (χ2v) is 10.3. The van der Waals surface area contributed by atoms with Crippen LogP contribution < -0.4 is 18.9 Å². The lowest BCUT2D eigenvalue weighted by Crippen LogP contribution is -1.96. The van der Waals surface area contributed by atoms with Crippen LogP contribution in [0.4, 0.5) is 0 Å². The van der Waals surface area contributed by atoms with E-state index in [1.54, 1.807) is 90.8 Å². The van der Waals surface area contributed by atoms with Crippen molar-refractivity contribution < 1.29 is 38.1 Å². The second-order valence-electron chi connectivity index (χ2n) is 10.3. The molecule has 0 radical (unpaired) electrons. The molecule has 8 nitrogen and oxygen atoms in total. The van der Waals surface area contributed by atoms with E-state index < -0.39 is 0 Å². The lowest BCUT2D eigenvalue weighted by atomic mass is 10.0. The van der Waals surface area contributed by atoms with Gasteiger partial charge in [-0.15, -0.1) is 0 Å². The molecule has 5 aromatic carbocycles. The molecule has 8 heteroatoms. The molecule has 48 heavy (non-hydrogen) atoms. The van der Waals surface area contributed by atoms with Gasteiger partial charge in [0.25, 0.3) is 0 Å². The first kappa shape index (κ1) is 38.4. The molecule has 0 N–H and O–H groups in total. The molecule has 0 unspecified atom stereocenters. The van der Waals surface area contributed by atoms with Crippen molar-refractivity contribution >= 4 is 33.9 Å². The van der Waals surface area contributed by atoms with Crippen LogP contribution in [0.25, 0.3) is 10.8 Å². The zero-order valence-electron chi connectivity index (χ0n) is 28.7. The summed E-state index contributed by atoms with van der Waals surface area (Å²) in [6, 6.07) is 32.7. The summed E-state index contributed by atoms with van der Waals surface area (Å²) in [4.78, 5) is 43.8. The quantitative estimate of drug-likeness (QED) is 0.154. The SMILES string of the molecule is CC(=O)c1cccc(C(C)=O)c1.COc1ccc(C(C)=O)cc1.COc1ccc(OC)cc1.COc1ccc2cc(C(C)=O)ccc2c1. The molecule has 5 aromatic rings. The highest BCUT2D eigenvalue weighted by molar-refractivity contribution is 6.00. The van der Waals surface area contributed by atoms with Crippen LogP contribution in [0.2, 0.25) is 0 Å². The zero-order valence-corrected chi connectivity index (χ0v) is 28.7. The summed E-state index contributed by atoms with van der Waals surface area (Å²) in [5, 5.41) is 2.14. The average Bonchev–Trinajstić information content (AvgIpc) is 3.12. The summed E-state index contributed by atoms with van der Waals surface area (Å²) in [6.07, 6.45) is 0. The number of benzene rings is 5. The van der Waals surface area contributed by atoms with E-state index in [0.29, 0.717) is 16.7 Å². The maximum atomic E-state index is 11.2. The van der Waals surface area contributed by atoms with Crippen LogP contribution in [0.3, 0.4) is 0 Å². The first-order valence-electron chi connectivity index (χ1n) is 15.0. The van der Waals surface area contributed by atoms with Gasteiger partial charge in [0.2, 0.25) is 0 Å². The van der Waals surface area contributed by atoms with Crippen molar-refractivity contribution in [3.8, 4) is 23.0 Å². The fourth-order valence-corrected chi connectivity index (χ4v) is 4.06. The fraction of sp³-hybridized carbons (Fsp3) is 0.200. The average molecular weight is 651 g/mol. The van der Waals surface area contributed by atoms with Gasteiger partial charge in [0.1, 0.15) is 23.0 Å². The third-order valence-electron chi connectivity index (χ3n) is 6.92. The highest BCUT2D eigenvalue weighted by Gasteiger charge is 2.03. The van der Waals surface area contributed by atoms with Gasteiger partial charge in [-0.2, -0.15) is 0 Å². The van der Waals surface area contributed by atoms with Crippen molar-refractivity contribution in [2.75, 3.05) is 28.4 Å². The number of methoxy groups -OCH3 is 4. The molecule has 0 saturated carbocycles. The number of hydrogen-bond acceptors (Lipinski definition) is 8. The Hall–Kier alpha value is -5.76. The molecule has 0 atom stereocenters. The molecule has 0 aliphatic heterocycles. The van der Waals surface area contributed by atoms with Crippen molar-refractivity contribution in [1.29, 1.82) is 0 Å². The maximum Gasteiger partial charge on any atom is 0.159 e. The molecule has 5 rings (SSSR count). The largest absolute Gasteiger partial charge is 0.497 e. The molecule has 0 bridgehead atoms. The van der Waals surface area contributed by atoms with Gasteiger partial charge >= 0.3 is 0 Å². The molecular weight excluding hydrogens is 608 g/mol. The Morgan fingerprint density at radius 3 is 1.06 bits per heavy atom. The van der Waals surface area contributed by atoms with Crippen LogP contribution in [0.15, 0.2) is 109 Å². The van der Waals surface area contributed by atoms with Crippen molar-refractivity contribution in [1.82, 2.24) is 0 Å². The van der Waals surface area contributed by atoms with E-state index in [9.17, 15) is 19.2 Å². The smallest absolute Gasteiger partial charge is 0.159 e. The van der Waals surface area contributed by atoms with Gasteiger partial charge in [0, 0.05) is 22.3 Å². The number of Topliss-reactive ketones (excluding diaryl/α,β-unsaturated/α-hetero) is 4. The van der Waals surface area contributed by atoms with Crippen LogP contribution in [-0.4, -0.2) is 51.6 Å². The number of ether oxygens (including phenoxy) is 4. The van der Waals surface area contributed by atoms with Gasteiger partial charge in [-0.25, -0.2) is 0 Å². The summed E-state index contributed by atoms with van der Waals surface area (Å²) in [6.45, 7) is 6.09. The Labute approximate surface area is 282 Å². The summed E-state index contributed by atoms with van der Waals surface area (Å²) >= 11 is 0. The molecule has 0 heterocycles. The lowest BCUT2D eigenvalue weighted by Gasteiger charge is -2.03. The van der Waals surface area contributed by atoms with Crippen molar-refractivity contribution in [2.24, 2.45) is 0 Å². The first-order chi connectivity index (χ1) is 22.9. The molecule has 0 aliphatic carbocycles. The highest BCUT2D eigenvalue weighted by atomic mass is 16.5. The van der Waals surface area contributed by atoms with E-state index in [1.807, 2.05) is 60.7 Å². The molecule has 0 amide bonds. The molecule has 0 fully saturated rings. The molecule has 0 aliphatic rings. The molecular formula is C40H42O8. The summed E-state index contributed by atoms with van der Waals surface area (Å²) in [5.74, 6) is 3.44. The summed E-state index contributed by atoms with van der Waals surface area (Å²) in [5.41, 5.74) is 2.63. The van der Waals surface area contributed by atoms with Gasteiger partial charge in [-0.05, 0) is 111 Å². The minimum absolute atomic E-state index is 0.0156. The number of fused-ring (bicyclic) bond motifs is 1. The van der Waals surface area contributed by atoms with E-state index >= 15 is 0 Å². The standard InChI is InChI=1S/C13H12O2.C10H10O2.C9H10O2.C8H10O2/c1-9(14)10-3-4-12-8-13(15-2)6-5-11(12)7-10;1-7(11)9-4-3-5-10(6-9)8(2)12;1-7(10)8-3-5-9(11-2)6-4-8;1-9-7-3-5-8(10-2)6-4-7/h3-8H,1-2H3;3-6H,1-2H3;3-6H,1-2H3;3-6H,1-2H3. The van der Waals surface area contributed by atoms with Gasteiger partial charge < -0.3 is 18.9 Å². The predicted octanol–water partition coefficient (Wildman–Crippen LogP) is 8.74. The predicted molar refractivity (Wildman–Crippen MR) is 189 cm³/mol. The van der Waals surface area contributed by atoms with E-state index in [1.165, 1.54) is 13.8 Å². The topological polar surface area (TPSA) is 105 Å². The monoisotopic (exact) mass is 650 g/mol. The van der Waals surface area contributed by atoms with E-state index in [4.69, 9.17) is 18.9 Å². The Kier molecular flexibility index (Phi) is 15.8. The van der Waals surface area contributed by atoms with E-state index in [-0.39, 0.29) is 23.1 Å². The normalized spacial score (nSPS) is 9.58. The minimum Gasteiger partial charge on any atom is -0.497 e. The van der Waals surface area contributed by atoms with Gasteiger partial charge in [-0.1, -0.05) is 36.4 Å². The second kappa shape index (κ2) is 19.7. The maximum absolute atomic E-state index is 11.2. The Morgan fingerprint density at radius 2 is 0.667 bits per heavy atom. The van der Waals surface area contributed by atoms with Crippen LogP contribution in [0, 0.1) is 0 Å². The number of rotatable bonds is 8. The van der Waals surface area contributed by atoms with Crippen LogP contribution in [-0.2, 0) is 0 Å². The summed E-state index contributed by atoms with van der Waals surface area (Å²) < 4.78 is 20.0. The Bertz CT molecular complexity index is 1750. The van der Waals surface area contributed by atoms with Crippen LogP contribution in [0.5, 0.6) is 23.0 Å². The first-order valence-corrected chi connectivity index (χ1v) is 15.0. The number of ketones is 4. The lowest BCUT2D eigenvalue weighted by molar-refractivity contribution is 0.100. The molecule has 250 valence electrons. The molecule has 0 spiro atoms. The van der Waals surface area contributed by atoms with Gasteiger partial charge in [0.15, 0.2) is 23.1 Å². The van der Waals surface area contributed by atoms with E-state index in [0.717, 1.165) is 39.3 Å². The number of carbonyl (C=O) groups excluding carboxylic acids is 4. The third-order valence-corrected chi connectivity index (χ3v) is 6.92. The van der Waals surface area contributed by atoms with Gasteiger partial charge in [-0.3, -0.25) is 19.2 Å². The van der Waals surface area contributed by atoms with Crippen molar-refractivity contribution in [3.05, 3.63) is 131 Å². The zero-order chi connectivity index (χ0) is 35.6. The van der Waals surface area contributed by atoms with Gasteiger partial charge in [0.05, 0.1) is 28.4 Å². The van der Waals surface area contributed by atoms with Crippen LogP contribution in [0.1, 0.15) is 69.1 Å². The molecule has 0 aromatic heterocycles. The summed E-state index contributed by atoms with van der Waals surface area (Å²) in [7, 11) is 6.53.